The van der Waals surface area contributed by atoms with Crippen LogP contribution in [-0.2, 0) is 10.0 Å². The van der Waals surface area contributed by atoms with E-state index in [1.165, 1.54) is 4.31 Å². The third kappa shape index (κ3) is 2.97. The minimum Gasteiger partial charge on any atom is -0.494 e. The monoisotopic (exact) mass is 298 g/mol. The van der Waals surface area contributed by atoms with Crippen molar-refractivity contribution in [1.29, 1.82) is 0 Å². The summed E-state index contributed by atoms with van der Waals surface area (Å²) >= 11 is 0. The molecule has 1 aliphatic rings. The number of hydrogen-bond acceptors (Lipinski definition) is 4. The molecule has 1 N–H and O–H groups in total. The second-order valence-corrected chi connectivity index (χ2v) is 7.03. The van der Waals surface area contributed by atoms with Gasteiger partial charge in [-0.25, -0.2) is 8.42 Å². The summed E-state index contributed by atoms with van der Waals surface area (Å²) in [5.41, 5.74) is 0.839. The van der Waals surface area contributed by atoms with E-state index in [2.05, 4.69) is 5.32 Å². The fraction of sp³-hybridized carbons (Fsp3) is 0.571. The van der Waals surface area contributed by atoms with Gasteiger partial charge in [-0.1, -0.05) is 0 Å². The average molecular weight is 298 g/mol. The summed E-state index contributed by atoms with van der Waals surface area (Å²) < 4.78 is 32.1. The summed E-state index contributed by atoms with van der Waals surface area (Å²) in [4.78, 5) is 0.327. The number of nitrogens with one attached hydrogen (secondary N) is 1. The van der Waals surface area contributed by atoms with Gasteiger partial charge in [-0.3, -0.25) is 0 Å². The van der Waals surface area contributed by atoms with Gasteiger partial charge in [0.05, 0.1) is 11.5 Å². The van der Waals surface area contributed by atoms with Gasteiger partial charge in [-0.2, -0.15) is 4.31 Å². The molecule has 112 valence electrons. The predicted molar refractivity (Wildman–Crippen MR) is 78.6 cm³/mol. The zero-order valence-electron chi connectivity index (χ0n) is 12.2. The van der Waals surface area contributed by atoms with Gasteiger partial charge in [0.2, 0.25) is 10.0 Å². The summed E-state index contributed by atoms with van der Waals surface area (Å²) in [6, 6.07) is 5.06. The molecule has 1 aromatic carbocycles. The number of benzene rings is 1. The van der Waals surface area contributed by atoms with Crippen LogP contribution in [0.2, 0.25) is 0 Å². The molecule has 1 aliphatic heterocycles. The Morgan fingerprint density at radius 1 is 1.45 bits per heavy atom. The lowest BCUT2D eigenvalue weighted by Gasteiger charge is -2.23. The van der Waals surface area contributed by atoms with Gasteiger partial charge < -0.3 is 10.1 Å². The molecule has 1 unspecified atom stereocenters. The molecule has 0 bridgehead atoms. The van der Waals surface area contributed by atoms with Crippen LogP contribution in [-0.4, -0.2) is 45.5 Å². The number of likely N-dealkylation sites (N-methyl/N-ethyl adjacent to an activating group) is 1. The second-order valence-electron chi connectivity index (χ2n) is 5.03. The standard InChI is InChI=1S/C14H22N2O3S/c1-4-19-14-6-5-13(9-11(14)2)20(17,18)16(3)12-7-8-15-10-12/h5-6,9,12,15H,4,7-8,10H2,1-3H3. The number of sulfonamides is 1. The molecule has 0 radical (unpaired) electrons. The minimum absolute atomic E-state index is 0.0341. The van der Waals surface area contributed by atoms with Gasteiger partial charge in [0.1, 0.15) is 5.75 Å². The molecule has 1 fully saturated rings. The van der Waals surface area contributed by atoms with Crippen molar-refractivity contribution in [2.45, 2.75) is 31.2 Å². The van der Waals surface area contributed by atoms with E-state index in [0.717, 1.165) is 24.3 Å². The van der Waals surface area contributed by atoms with Crippen molar-refractivity contribution >= 4 is 10.0 Å². The third-order valence-electron chi connectivity index (χ3n) is 3.67. The zero-order chi connectivity index (χ0) is 14.8. The van der Waals surface area contributed by atoms with Crippen LogP contribution in [0.15, 0.2) is 23.1 Å². The van der Waals surface area contributed by atoms with Crippen molar-refractivity contribution < 1.29 is 13.2 Å². The van der Waals surface area contributed by atoms with Crippen molar-refractivity contribution in [3.8, 4) is 5.75 Å². The highest BCUT2D eigenvalue weighted by atomic mass is 32.2. The molecule has 6 heteroatoms. The van der Waals surface area contributed by atoms with Crippen molar-refractivity contribution in [2.75, 3.05) is 26.7 Å². The molecule has 1 aromatic rings. The van der Waals surface area contributed by atoms with Gasteiger partial charge in [-0.05, 0) is 50.6 Å². The topological polar surface area (TPSA) is 58.6 Å². The van der Waals surface area contributed by atoms with Crippen LogP contribution in [0, 0.1) is 6.92 Å². The Morgan fingerprint density at radius 3 is 2.75 bits per heavy atom. The maximum Gasteiger partial charge on any atom is 0.243 e. The molecule has 0 amide bonds. The highest BCUT2D eigenvalue weighted by Crippen LogP contribution is 2.25. The van der Waals surface area contributed by atoms with E-state index < -0.39 is 10.0 Å². The first-order valence-corrected chi connectivity index (χ1v) is 8.33. The summed E-state index contributed by atoms with van der Waals surface area (Å²) in [5, 5.41) is 3.19. The number of nitrogens with zero attached hydrogens (tertiary/aromatic N) is 1. The van der Waals surface area contributed by atoms with Crippen molar-refractivity contribution in [3.63, 3.8) is 0 Å². The van der Waals surface area contributed by atoms with E-state index in [9.17, 15) is 8.42 Å². The summed E-state index contributed by atoms with van der Waals surface area (Å²) in [6.07, 6.45) is 0.853. The summed E-state index contributed by atoms with van der Waals surface area (Å²) in [5.74, 6) is 0.733. The maximum atomic E-state index is 12.6. The molecule has 1 saturated heterocycles. The molecule has 5 nitrogen and oxygen atoms in total. The van der Waals surface area contributed by atoms with Gasteiger partial charge in [0.25, 0.3) is 0 Å². The first-order valence-electron chi connectivity index (χ1n) is 6.89. The summed E-state index contributed by atoms with van der Waals surface area (Å²) in [6.45, 7) is 5.92. The Morgan fingerprint density at radius 2 is 2.20 bits per heavy atom. The molecule has 1 atom stereocenters. The maximum absolute atomic E-state index is 12.6. The van der Waals surface area contributed by atoms with Crippen LogP contribution in [0.25, 0.3) is 0 Å². The smallest absolute Gasteiger partial charge is 0.243 e. The van der Waals surface area contributed by atoms with Crippen LogP contribution >= 0.6 is 0 Å². The first-order chi connectivity index (χ1) is 9.46. The van der Waals surface area contributed by atoms with E-state index in [4.69, 9.17) is 4.74 Å². The molecular formula is C14H22N2O3S. The third-order valence-corrected chi connectivity index (χ3v) is 5.58. The Kier molecular flexibility index (Phi) is 4.67. The first kappa shape index (κ1) is 15.3. The lowest BCUT2D eigenvalue weighted by atomic mass is 10.2. The Bertz CT molecular complexity index is 566. The lowest BCUT2D eigenvalue weighted by molar-refractivity contribution is 0.337. The Labute approximate surface area is 121 Å². The SMILES string of the molecule is CCOc1ccc(S(=O)(=O)N(C)C2CCNC2)cc1C. The number of rotatable bonds is 5. The number of hydrogen-bond donors (Lipinski definition) is 1. The van der Waals surface area contributed by atoms with Gasteiger partial charge in [0, 0.05) is 19.6 Å². The van der Waals surface area contributed by atoms with Crippen LogP contribution in [0.3, 0.4) is 0 Å². The Balaban J connectivity index is 2.27. The lowest BCUT2D eigenvalue weighted by Crippen LogP contribution is -2.38. The highest BCUT2D eigenvalue weighted by molar-refractivity contribution is 7.89. The fourth-order valence-corrected chi connectivity index (χ4v) is 3.88. The van der Waals surface area contributed by atoms with Crippen molar-refractivity contribution in [1.82, 2.24) is 9.62 Å². The number of ether oxygens (including phenoxy) is 1. The normalized spacial score (nSPS) is 19.5. The van der Waals surface area contributed by atoms with Crippen LogP contribution in [0.1, 0.15) is 18.9 Å². The van der Waals surface area contributed by atoms with E-state index in [1.807, 2.05) is 13.8 Å². The van der Waals surface area contributed by atoms with E-state index >= 15 is 0 Å². The van der Waals surface area contributed by atoms with Crippen LogP contribution < -0.4 is 10.1 Å². The quantitative estimate of drug-likeness (QED) is 0.892. The molecular weight excluding hydrogens is 276 g/mol. The van der Waals surface area contributed by atoms with Crippen LogP contribution in [0.5, 0.6) is 5.75 Å². The van der Waals surface area contributed by atoms with Crippen LogP contribution in [0.4, 0.5) is 0 Å². The van der Waals surface area contributed by atoms with Gasteiger partial charge in [0.15, 0.2) is 0 Å². The summed E-state index contributed by atoms with van der Waals surface area (Å²) in [7, 11) is -1.79. The molecule has 0 aliphatic carbocycles. The molecule has 0 saturated carbocycles. The van der Waals surface area contributed by atoms with Crippen molar-refractivity contribution in [3.05, 3.63) is 23.8 Å². The molecule has 0 aromatic heterocycles. The molecule has 20 heavy (non-hydrogen) atoms. The molecule has 2 rings (SSSR count). The van der Waals surface area contributed by atoms with Crippen molar-refractivity contribution in [2.24, 2.45) is 0 Å². The predicted octanol–water partition coefficient (Wildman–Crippen LogP) is 1.38. The van der Waals surface area contributed by atoms with E-state index in [1.54, 1.807) is 25.2 Å². The fourth-order valence-electron chi connectivity index (χ4n) is 2.41. The Hall–Kier alpha value is -1.11. The average Bonchev–Trinajstić information content (AvgIpc) is 2.94. The van der Waals surface area contributed by atoms with Gasteiger partial charge in [-0.15, -0.1) is 0 Å². The molecule has 0 spiro atoms. The highest BCUT2D eigenvalue weighted by Gasteiger charge is 2.30. The minimum atomic E-state index is -3.44. The zero-order valence-corrected chi connectivity index (χ0v) is 13.0. The van der Waals surface area contributed by atoms with E-state index in [-0.39, 0.29) is 6.04 Å². The largest absolute Gasteiger partial charge is 0.494 e. The second kappa shape index (κ2) is 6.11. The molecule has 1 heterocycles. The number of aryl methyl sites for hydroxylation is 1. The van der Waals surface area contributed by atoms with E-state index in [0.29, 0.717) is 18.0 Å². The van der Waals surface area contributed by atoms with Gasteiger partial charge >= 0.3 is 0 Å².